The minimum atomic E-state index is 0.300. The molecule has 1 amide bonds. The molecule has 23 heavy (non-hydrogen) atoms. The fourth-order valence-electron chi connectivity index (χ4n) is 3.78. The highest BCUT2D eigenvalue weighted by atomic mass is 16.2. The zero-order valence-electron chi connectivity index (χ0n) is 12.9. The van der Waals surface area contributed by atoms with Crippen LogP contribution in [0, 0.1) is 5.92 Å². The minimum absolute atomic E-state index is 0.300. The highest BCUT2D eigenvalue weighted by Crippen LogP contribution is 2.34. The van der Waals surface area contributed by atoms with Gasteiger partial charge >= 0.3 is 0 Å². The van der Waals surface area contributed by atoms with Crippen LogP contribution < -0.4 is 0 Å². The monoisotopic (exact) mass is 309 g/mol. The van der Waals surface area contributed by atoms with Crippen LogP contribution in [0.15, 0.2) is 24.8 Å². The highest BCUT2D eigenvalue weighted by Gasteiger charge is 2.35. The molecule has 1 aliphatic carbocycles. The smallest absolute Gasteiger partial charge is 0.225 e. The van der Waals surface area contributed by atoms with Gasteiger partial charge in [0.15, 0.2) is 0 Å². The van der Waals surface area contributed by atoms with Crippen molar-refractivity contribution in [3.8, 4) is 0 Å². The topological polar surface area (TPSA) is 66.8 Å². The summed E-state index contributed by atoms with van der Waals surface area (Å²) in [6.07, 6.45) is 9.94. The van der Waals surface area contributed by atoms with Gasteiger partial charge in [-0.1, -0.05) is 0 Å². The lowest BCUT2D eigenvalue weighted by Crippen LogP contribution is -2.41. The zero-order valence-corrected chi connectivity index (χ0v) is 12.9. The summed E-state index contributed by atoms with van der Waals surface area (Å²) in [6.45, 7) is 1.70. The summed E-state index contributed by atoms with van der Waals surface area (Å²) in [5, 5.41) is 1.10. The maximum atomic E-state index is 12.4. The molecule has 6 nitrogen and oxygen atoms in total. The molecule has 6 heteroatoms. The Hall–Kier alpha value is -2.37. The summed E-state index contributed by atoms with van der Waals surface area (Å²) in [5.74, 6) is 0.654. The van der Waals surface area contributed by atoms with Crippen LogP contribution in [0.1, 0.15) is 31.7 Å². The Bertz CT molecular complexity index is 891. The number of aromatic amines is 1. The van der Waals surface area contributed by atoms with Gasteiger partial charge in [0.1, 0.15) is 11.2 Å². The first kappa shape index (κ1) is 13.1. The molecule has 0 bridgehead atoms. The molecule has 2 aliphatic rings. The van der Waals surface area contributed by atoms with Gasteiger partial charge in [-0.05, 0) is 31.7 Å². The van der Waals surface area contributed by atoms with Crippen molar-refractivity contribution in [2.45, 2.75) is 31.7 Å². The molecule has 3 aromatic heterocycles. The van der Waals surface area contributed by atoms with Crippen molar-refractivity contribution < 1.29 is 4.79 Å². The summed E-state index contributed by atoms with van der Waals surface area (Å²) in [5.41, 5.74) is 2.94. The molecule has 2 fully saturated rings. The summed E-state index contributed by atoms with van der Waals surface area (Å²) >= 11 is 0. The normalized spacial score (nSPS) is 22.1. The molecule has 1 atom stereocenters. The van der Waals surface area contributed by atoms with E-state index in [9.17, 15) is 4.79 Å². The van der Waals surface area contributed by atoms with Crippen molar-refractivity contribution in [1.29, 1.82) is 0 Å². The Balaban J connectivity index is 1.54. The number of fused-ring (bicyclic) bond motifs is 3. The van der Waals surface area contributed by atoms with E-state index >= 15 is 0 Å². The van der Waals surface area contributed by atoms with Crippen molar-refractivity contribution in [3.05, 3.63) is 24.8 Å². The Kier molecular flexibility index (Phi) is 2.74. The average molecular weight is 309 g/mol. The molecule has 1 saturated heterocycles. The number of piperidine rings is 1. The third kappa shape index (κ3) is 2.04. The maximum Gasteiger partial charge on any atom is 0.225 e. The second-order valence-electron chi connectivity index (χ2n) is 6.74. The van der Waals surface area contributed by atoms with Crippen molar-refractivity contribution in [3.63, 3.8) is 0 Å². The summed E-state index contributed by atoms with van der Waals surface area (Å²) < 4.78 is 2.25. The number of rotatable bonds is 2. The molecule has 118 valence electrons. The number of H-pyrrole nitrogens is 1. The predicted octanol–water partition coefficient (Wildman–Crippen LogP) is 2.49. The first-order valence-corrected chi connectivity index (χ1v) is 8.38. The van der Waals surface area contributed by atoms with Crippen molar-refractivity contribution in [2.75, 3.05) is 13.1 Å². The Morgan fingerprint density at radius 2 is 2.17 bits per heavy atom. The second kappa shape index (κ2) is 4.81. The fourth-order valence-corrected chi connectivity index (χ4v) is 3.78. The van der Waals surface area contributed by atoms with Crippen LogP contribution in [0.25, 0.3) is 22.1 Å². The van der Waals surface area contributed by atoms with E-state index in [-0.39, 0.29) is 0 Å². The molecule has 0 radical (unpaired) electrons. The average Bonchev–Trinajstić information content (AvgIpc) is 3.16. The minimum Gasteiger partial charge on any atom is -0.346 e. The van der Waals surface area contributed by atoms with Crippen LogP contribution in [-0.2, 0) is 4.79 Å². The number of imidazole rings is 1. The first-order chi connectivity index (χ1) is 11.3. The standard InChI is InChI=1S/C17H19N5O/c23-17(11-3-4-11)21-7-1-2-12(9-21)22-10-20-14-8-19-16-13(15(14)22)5-6-18-16/h5-6,8,10-12H,1-4,7,9H2,(H,18,19)/t12-/m1/s1. The number of hydrogen-bond donors (Lipinski definition) is 1. The molecule has 5 rings (SSSR count). The molecule has 1 saturated carbocycles. The molecule has 4 heterocycles. The van der Waals surface area contributed by atoms with E-state index in [1.807, 2.05) is 18.7 Å². The van der Waals surface area contributed by atoms with Gasteiger partial charge in [-0.2, -0.15) is 0 Å². The molecule has 3 aromatic rings. The molecule has 0 unspecified atom stereocenters. The van der Waals surface area contributed by atoms with Crippen LogP contribution >= 0.6 is 0 Å². The summed E-state index contributed by atoms with van der Waals surface area (Å²) in [4.78, 5) is 26.6. The number of carbonyl (C=O) groups is 1. The lowest BCUT2D eigenvalue weighted by molar-refractivity contribution is -0.134. The van der Waals surface area contributed by atoms with Crippen molar-refractivity contribution in [1.82, 2.24) is 24.4 Å². The molecule has 1 N–H and O–H groups in total. The van der Waals surface area contributed by atoms with Crippen molar-refractivity contribution in [2.24, 2.45) is 5.92 Å². The van der Waals surface area contributed by atoms with Gasteiger partial charge in [-0.25, -0.2) is 9.97 Å². The molecule has 0 spiro atoms. The highest BCUT2D eigenvalue weighted by molar-refractivity contribution is 6.01. The fraction of sp³-hybridized carbons (Fsp3) is 0.471. The number of carbonyl (C=O) groups excluding carboxylic acids is 1. The molecule has 1 aliphatic heterocycles. The van der Waals surface area contributed by atoms with Crippen molar-refractivity contribution >= 4 is 28.0 Å². The summed E-state index contributed by atoms with van der Waals surface area (Å²) in [7, 11) is 0. The first-order valence-electron chi connectivity index (χ1n) is 8.38. The quantitative estimate of drug-likeness (QED) is 0.791. The van der Waals surface area contributed by atoms with Crippen LogP contribution in [0.4, 0.5) is 0 Å². The van der Waals surface area contributed by atoms with Gasteiger partial charge in [0.05, 0.1) is 24.1 Å². The van der Waals surface area contributed by atoms with Crippen LogP contribution in [0.3, 0.4) is 0 Å². The number of hydrogen-bond acceptors (Lipinski definition) is 3. The van der Waals surface area contributed by atoms with Gasteiger partial charge in [0.2, 0.25) is 5.91 Å². The number of aromatic nitrogens is 4. The Morgan fingerprint density at radius 3 is 3.04 bits per heavy atom. The van der Waals surface area contributed by atoms with E-state index in [0.29, 0.717) is 17.9 Å². The Labute approximate surface area is 133 Å². The lowest BCUT2D eigenvalue weighted by Gasteiger charge is -2.34. The molecule has 0 aromatic carbocycles. The molecular weight excluding hydrogens is 290 g/mol. The van der Waals surface area contributed by atoms with E-state index in [2.05, 4.69) is 30.5 Å². The van der Waals surface area contributed by atoms with Gasteiger partial charge in [-0.3, -0.25) is 4.79 Å². The number of nitrogens with one attached hydrogen (secondary N) is 1. The Morgan fingerprint density at radius 1 is 1.26 bits per heavy atom. The zero-order chi connectivity index (χ0) is 15.4. The number of pyridine rings is 1. The van der Waals surface area contributed by atoms with E-state index in [1.165, 1.54) is 0 Å². The number of nitrogens with zero attached hydrogens (tertiary/aromatic N) is 4. The summed E-state index contributed by atoms with van der Waals surface area (Å²) in [6, 6.07) is 2.36. The largest absolute Gasteiger partial charge is 0.346 e. The van der Waals surface area contributed by atoms with Crippen LogP contribution in [0.5, 0.6) is 0 Å². The van der Waals surface area contributed by atoms with E-state index < -0.39 is 0 Å². The number of amides is 1. The van der Waals surface area contributed by atoms with E-state index in [1.54, 1.807) is 0 Å². The van der Waals surface area contributed by atoms with Gasteiger partial charge in [-0.15, -0.1) is 0 Å². The van der Waals surface area contributed by atoms with Crippen LogP contribution in [-0.4, -0.2) is 43.4 Å². The van der Waals surface area contributed by atoms with Gasteiger partial charge < -0.3 is 14.5 Å². The van der Waals surface area contributed by atoms with Crippen LogP contribution in [0.2, 0.25) is 0 Å². The molecular formula is C17H19N5O. The van der Waals surface area contributed by atoms with E-state index in [4.69, 9.17) is 0 Å². The second-order valence-corrected chi connectivity index (χ2v) is 6.74. The predicted molar refractivity (Wildman–Crippen MR) is 87.0 cm³/mol. The third-order valence-electron chi connectivity index (χ3n) is 5.15. The third-order valence-corrected chi connectivity index (χ3v) is 5.15. The SMILES string of the molecule is O=C(C1CC1)N1CCC[C@@H](n2cnc3cnc4[nH]ccc4c32)C1. The van der Waals surface area contributed by atoms with E-state index in [0.717, 1.165) is 60.8 Å². The van der Waals surface area contributed by atoms with Gasteiger partial charge in [0.25, 0.3) is 0 Å². The van der Waals surface area contributed by atoms with Gasteiger partial charge in [0, 0.05) is 30.6 Å². The number of likely N-dealkylation sites (tertiary alicyclic amines) is 1. The maximum absolute atomic E-state index is 12.4. The lowest BCUT2D eigenvalue weighted by atomic mass is 10.0.